The SMILES string of the molecule is Oc1cncc(-c2ccc3[nH]nc(-c4cc5c(-c6ccoc6)nccc5[nH]4)c3n2)c1. The lowest BCUT2D eigenvalue weighted by molar-refractivity contribution is 0.473. The van der Waals surface area contributed by atoms with Crippen molar-refractivity contribution in [1.82, 2.24) is 30.1 Å². The predicted molar refractivity (Wildman–Crippen MR) is 112 cm³/mol. The maximum atomic E-state index is 9.74. The van der Waals surface area contributed by atoms with Crippen LogP contribution in [-0.2, 0) is 0 Å². The first-order valence-electron chi connectivity index (χ1n) is 9.26. The Hall–Kier alpha value is -4.46. The first kappa shape index (κ1) is 16.5. The Bertz CT molecular complexity index is 1510. The fraction of sp³-hybridized carbons (Fsp3) is 0. The van der Waals surface area contributed by atoms with E-state index in [9.17, 15) is 5.11 Å². The summed E-state index contributed by atoms with van der Waals surface area (Å²) >= 11 is 0. The van der Waals surface area contributed by atoms with E-state index in [1.54, 1.807) is 31.0 Å². The molecule has 0 amide bonds. The van der Waals surface area contributed by atoms with Crippen LogP contribution < -0.4 is 0 Å². The van der Waals surface area contributed by atoms with Gasteiger partial charge in [-0.05, 0) is 36.4 Å². The highest BCUT2D eigenvalue weighted by Crippen LogP contribution is 2.33. The van der Waals surface area contributed by atoms with Gasteiger partial charge < -0.3 is 14.5 Å². The van der Waals surface area contributed by atoms with Gasteiger partial charge in [-0.25, -0.2) is 4.98 Å². The maximum absolute atomic E-state index is 9.74. The van der Waals surface area contributed by atoms with Crippen molar-refractivity contribution in [2.24, 2.45) is 0 Å². The zero-order valence-corrected chi connectivity index (χ0v) is 15.5. The van der Waals surface area contributed by atoms with E-state index in [0.29, 0.717) is 11.4 Å². The van der Waals surface area contributed by atoms with Crippen molar-refractivity contribution >= 4 is 21.9 Å². The van der Waals surface area contributed by atoms with Crippen LogP contribution in [0.25, 0.3) is 55.8 Å². The van der Waals surface area contributed by atoms with Crippen LogP contribution in [0, 0.1) is 0 Å². The van der Waals surface area contributed by atoms with Gasteiger partial charge in [-0.3, -0.25) is 15.1 Å². The number of hydrogen-bond acceptors (Lipinski definition) is 6. The summed E-state index contributed by atoms with van der Waals surface area (Å²) in [6, 6.07) is 11.2. The number of H-pyrrole nitrogens is 2. The fourth-order valence-electron chi connectivity index (χ4n) is 3.63. The second-order valence-corrected chi connectivity index (χ2v) is 6.91. The normalized spacial score (nSPS) is 11.5. The molecule has 8 nitrogen and oxygen atoms in total. The average Bonchev–Trinajstić information content (AvgIpc) is 3.51. The van der Waals surface area contributed by atoms with E-state index in [2.05, 4.69) is 25.1 Å². The van der Waals surface area contributed by atoms with Gasteiger partial charge in [0.15, 0.2) is 0 Å². The summed E-state index contributed by atoms with van der Waals surface area (Å²) in [5.74, 6) is 0.0942. The Morgan fingerprint density at radius 3 is 2.77 bits per heavy atom. The number of furan rings is 1. The molecule has 0 aromatic carbocycles. The van der Waals surface area contributed by atoms with E-state index >= 15 is 0 Å². The van der Waals surface area contributed by atoms with Crippen LogP contribution in [-0.4, -0.2) is 35.2 Å². The van der Waals surface area contributed by atoms with Crippen molar-refractivity contribution in [3.8, 4) is 39.7 Å². The van der Waals surface area contributed by atoms with Gasteiger partial charge in [0.05, 0.1) is 41.3 Å². The lowest BCUT2D eigenvalue weighted by Crippen LogP contribution is -1.86. The molecule has 6 rings (SSSR count). The summed E-state index contributed by atoms with van der Waals surface area (Å²) in [6.07, 6.45) is 8.13. The minimum Gasteiger partial charge on any atom is -0.506 e. The molecule has 30 heavy (non-hydrogen) atoms. The molecule has 0 aliphatic carbocycles. The molecule has 0 spiro atoms. The summed E-state index contributed by atoms with van der Waals surface area (Å²) in [5, 5.41) is 18.2. The molecule has 0 bridgehead atoms. The lowest BCUT2D eigenvalue weighted by Gasteiger charge is -2.01. The number of nitrogens with zero attached hydrogens (tertiary/aromatic N) is 4. The van der Waals surface area contributed by atoms with Crippen LogP contribution in [0.1, 0.15) is 0 Å². The summed E-state index contributed by atoms with van der Waals surface area (Å²) in [4.78, 5) is 16.7. The highest BCUT2D eigenvalue weighted by Gasteiger charge is 2.16. The molecule has 0 aliphatic rings. The molecule has 8 heteroatoms. The van der Waals surface area contributed by atoms with Crippen molar-refractivity contribution < 1.29 is 9.52 Å². The summed E-state index contributed by atoms with van der Waals surface area (Å²) in [7, 11) is 0. The minimum atomic E-state index is 0.0942. The third-order valence-corrected chi connectivity index (χ3v) is 5.03. The zero-order valence-electron chi connectivity index (χ0n) is 15.5. The molecular formula is C22H14N6O2. The van der Waals surface area contributed by atoms with Gasteiger partial charge in [-0.2, -0.15) is 5.10 Å². The second kappa shape index (κ2) is 6.28. The Balaban J connectivity index is 1.52. The molecule has 0 fully saturated rings. The number of hydrogen-bond donors (Lipinski definition) is 3. The van der Waals surface area contributed by atoms with Crippen LogP contribution in [0.3, 0.4) is 0 Å². The Labute approximate surface area is 169 Å². The molecule has 6 aromatic heterocycles. The van der Waals surface area contributed by atoms with E-state index in [-0.39, 0.29) is 5.75 Å². The zero-order chi connectivity index (χ0) is 20.1. The van der Waals surface area contributed by atoms with Crippen LogP contribution in [0.2, 0.25) is 0 Å². The standard InChI is InChI=1S/C22H14N6O2/c29-14-7-13(9-23-10-14)16-1-2-18-21(26-16)22(28-27-18)19-8-15-17(25-19)3-5-24-20(15)12-4-6-30-11-12/h1-11,25,29H,(H,27,28). The summed E-state index contributed by atoms with van der Waals surface area (Å²) < 4.78 is 5.22. The molecule has 0 saturated heterocycles. The van der Waals surface area contributed by atoms with Crippen LogP contribution in [0.15, 0.2) is 71.9 Å². The molecule has 0 atom stereocenters. The lowest BCUT2D eigenvalue weighted by atomic mass is 10.1. The Morgan fingerprint density at radius 1 is 0.933 bits per heavy atom. The van der Waals surface area contributed by atoms with Crippen molar-refractivity contribution in [2.75, 3.05) is 0 Å². The largest absolute Gasteiger partial charge is 0.506 e. The molecule has 0 aliphatic heterocycles. The van der Waals surface area contributed by atoms with E-state index in [0.717, 1.165) is 44.5 Å². The summed E-state index contributed by atoms with van der Waals surface area (Å²) in [6.45, 7) is 0. The van der Waals surface area contributed by atoms with Crippen LogP contribution >= 0.6 is 0 Å². The molecule has 0 radical (unpaired) electrons. The predicted octanol–water partition coefficient (Wildman–Crippen LogP) is 4.53. The van der Waals surface area contributed by atoms with E-state index < -0.39 is 0 Å². The fourth-order valence-corrected chi connectivity index (χ4v) is 3.63. The molecule has 144 valence electrons. The second-order valence-electron chi connectivity index (χ2n) is 6.91. The third-order valence-electron chi connectivity index (χ3n) is 5.03. The van der Waals surface area contributed by atoms with Gasteiger partial charge in [0, 0.05) is 34.4 Å². The number of aromatic amines is 2. The monoisotopic (exact) mass is 394 g/mol. The number of pyridine rings is 3. The molecule has 6 aromatic rings. The number of fused-ring (bicyclic) bond motifs is 2. The Morgan fingerprint density at radius 2 is 1.90 bits per heavy atom. The van der Waals surface area contributed by atoms with Crippen molar-refractivity contribution in [3.63, 3.8) is 0 Å². The van der Waals surface area contributed by atoms with Gasteiger partial charge in [-0.15, -0.1) is 0 Å². The van der Waals surface area contributed by atoms with Crippen molar-refractivity contribution in [2.45, 2.75) is 0 Å². The molecule has 3 N–H and O–H groups in total. The third kappa shape index (κ3) is 2.55. The topological polar surface area (TPSA) is 117 Å². The van der Waals surface area contributed by atoms with E-state index in [1.807, 2.05) is 30.3 Å². The van der Waals surface area contributed by atoms with Crippen LogP contribution in [0.5, 0.6) is 5.75 Å². The van der Waals surface area contributed by atoms with E-state index in [1.165, 1.54) is 6.20 Å². The first-order chi connectivity index (χ1) is 14.8. The molecule has 6 heterocycles. The Kier molecular flexibility index (Phi) is 3.45. The minimum absolute atomic E-state index is 0.0942. The number of rotatable bonds is 3. The number of nitrogens with one attached hydrogen (secondary N) is 2. The first-order valence-corrected chi connectivity index (χ1v) is 9.26. The van der Waals surface area contributed by atoms with Gasteiger partial charge in [0.2, 0.25) is 0 Å². The highest BCUT2D eigenvalue weighted by molar-refractivity contribution is 5.99. The van der Waals surface area contributed by atoms with Gasteiger partial charge in [-0.1, -0.05) is 0 Å². The van der Waals surface area contributed by atoms with Crippen LogP contribution in [0.4, 0.5) is 0 Å². The number of aromatic nitrogens is 6. The average molecular weight is 394 g/mol. The highest BCUT2D eigenvalue weighted by atomic mass is 16.3. The van der Waals surface area contributed by atoms with E-state index in [4.69, 9.17) is 9.40 Å². The van der Waals surface area contributed by atoms with Gasteiger partial charge in [0.25, 0.3) is 0 Å². The maximum Gasteiger partial charge on any atom is 0.135 e. The molecule has 0 saturated carbocycles. The molecular weight excluding hydrogens is 380 g/mol. The smallest absolute Gasteiger partial charge is 0.135 e. The van der Waals surface area contributed by atoms with Crippen molar-refractivity contribution in [3.05, 3.63) is 67.5 Å². The van der Waals surface area contributed by atoms with Gasteiger partial charge in [0.1, 0.15) is 17.0 Å². The number of aromatic hydroxyl groups is 1. The summed E-state index contributed by atoms with van der Waals surface area (Å²) in [5.41, 5.74) is 7.19. The van der Waals surface area contributed by atoms with Crippen molar-refractivity contribution in [1.29, 1.82) is 0 Å². The van der Waals surface area contributed by atoms with Gasteiger partial charge >= 0.3 is 0 Å². The quantitative estimate of drug-likeness (QED) is 0.406. The molecule has 0 unspecified atom stereocenters.